The van der Waals surface area contributed by atoms with Crippen molar-refractivity contribution >= 4 is 28.3 Å². The number of rotatable bonds is 4. The van der Waals surface area contributed by atoms with Crippen molar-refractivity contribution in [1.82, 2.24) is 5.32 Å². The third-order valence-electron chi connectivity index (χ3n) is 1.72. The number of hydrogen-bond acceptors (Lipinski definition) is 4. The molecular formula is C10H14N2O3S. The lowest BCUT2D eigenvalue weighted by atomic mass is 10.3. The Labute approximate surface area is 97.8 Å². The molecule has 0 atom stereocenters. The fraction of sp³-hybridized carbons (Fsp3) is 0.400. The van der Waals surface area contributed by atoms with Crippen LogP contribution in [-0.4, -0.2) is 25.2 Å². The summed E-state index contributed by atoms with van der Waals surface area (Å²) in [5.74, 6) is -0.421. The Morgan fingerprint density at radius 1 is 1.44 bits per heavy atom. The van der Waals surface area contributed by atoms with Crippen molar-refractivity contribution in [3.05, 3.63) is 17.0 Å². The number of nitrogens with one attached hydrogen (secondary N) is 2. The van der Waals surface area contributed by atoms with Crippen molar-refractivity contribution in [2.24, 2.45) is 0 Å². The number of thiophene rings is 1. The zero-order chi connectivity index (χ0) is 12.0. The van der Waals surface area contributed by atoms with E-state index in [0.717, 1.165) is 0 Å². The first-order chi connectivity index (χ1) is 7.69. The lowest BCUT2D eigenvalue weighted by Crippen LogP contribution is -2.28. The summed E-state index contributed by atoms with van der Waals surface area (Å²) in [6.07, 6.45) is 0. The third kappa shape index (κ3) is 3.23. The van der Waals surface area contributed by atoms with Gasteiger partial charge in [0.1, 0.15) is 5.00 Å². The largest absolute Gasteiger partial charge is 0.462 e. The Balaban J connectivity index is 2.70. The highest BCUT2D eigenvalue weighted by molar-refractivity contribution is 7.14. The maximum absolute atomic E-state index is 11.5. The molecule has 0 spiro atoms. The van der Waals surface area contributed by atoms with Crippen LogP contribution < -0.4 is 10.6 Å². The third-order valence-corrected chi connectivity index (χ3v) is 2.55. The number of carbonyl (C=O) groups is 2. The molecule has 0 saturated heterocycles. The highest BCUT2D eigenvalue weighted by Crippen LogP contribution is 2.23. The Hall–Kier alpha value is -1.56. The molecular weight excluding hydrogens is 228 g/mol. The summed E-state index contributed by atoms with van der Waals surface area (Å²) < 4.78 is 4.86. The molecule has 88 valence electrons. The van der Waals surface area contributed by atoms with Gasteiger partial charge in [0, 0.05) is 6.54 Å². The number of hydrogen-bond donors (Lipinski definition) is 2. The van der Waals surface area contributed by atoms with E-state index in [0.29, 0.717) is 23.7 Å². The molecule has 1 heterocycles. The first-order valence-electron chi connectivity index (χ1n) is 4.98. The number of esters is 1. The standard InChI is InChI=1S/C10H14N2O3S/c1-3-11-10(14)12-8-7(5-6-16-8)9(13)15-4-2/h5-6H,3-4H2,1-2H3,(H2,11,12,14). The molecule has 0 bridgehead atoms. The van der Waals surface area contributed by atoms with Gasteiger partial charge in [-0.25, -0.2) is 9.59 Å². The highest BCUT2D eigenvalue weighted by Gasteiger charge is 2.15. The maximum atomic E-state index is 11.5. The van der Waals surface area contributed by atoms with Crippen LogP contribution in [0.15, 0.2) is 11.4 Å². The molecule has 0 aliphatic heterocycles. The predicted molar refractivity (Wildman–Crippen MR) is 63.0 cm³/mol. The molecule has 1 aromatic rings. The van der Waals surface area contributed by atoms with E-state index in [1.54, 1.807) is 18.4 Å². The van der Waals surface area contributed by atoms with Gasteiger partial charge in [0.05, 0.1) is 12.2 Å². The van der Waals surface area contributed by atoms with E-state index in [2.05, 4.69) is 10.6 Å². The van der Waals surface area contributed by atoms with Crippen molar-refractivity contribution < 1.29 is 14.3 Å². The van der Waals surface area contributed by atoms with Crippen LogP contribution >= 0.6 is 11.3 Å². The van der Waals surface area contributed by atoms with Crippen LogP contribution in [0.1, 0.15) is 24.2 Å². The first-order valence-corrected chi connectivity index (χ1v) is 5.86. The zero-order valence-corrected chi connectivity index (χ0v) is 10.0. The Bertz CT molecular complexity index is 376. The van der Waals surface area contributed by atoms with Crippen molar-refractivity contribution in [3.63, 3.8) is 0 Å². The van der Waals surface area contributed by atoms with Gasteiger partial charge in [0.25, 0.3) is 0 Å². The summed E-state index contributed by atoms with van der Waals surface area (Å²) >= 11 is 1.29. The number of carbonyl (C=O) groups excluding carboxylic acids is 2. The van der Waals surface area contributed by atoms with Gasteiger partial charge in [-0.05, 0) is 25.3 Å². The Kier molecular flexibility index (Phi) is 4.78. The molecule has 0 unspecified atom stereocenters. The second kappa shape index (κ2) is 6.12. The summed E-state index contributed by atoms with van der Waals surface area (Å²) in [6.45, 7) is 4.41. The van der Waals surface area contributed by atoms with Crippen LogP contribution in [0.25, 0.3) is 0 Å². The molecule has 0 aliphatic carbocycles. The quantitative estimate of drug-likeness (QED) is 0.794. The van der Waals surface area contributed by atoms with E-state index in [1.807, 2.05) is 6.92 Å². The average Bonchev–Trinajstić information content (AvgIpc) is 2.66. The monoisotopic (exact) mass is 242 g/mol. The summed E-state index contributed by atoms with van der Waals surface area (Å²) in [6, 6.07) is 1.31. The molecule has 2 N–H and O–H groups in total. The maximum Gasteiger partial charge on any atom is 0.341 e. The van der Waals surface area contributed by atoms with Gasteiger partial charge in [-0.15, -0.1) is 11.3 Å². The second-order valence-corrected chi connectivity index (χ2v) is 3.78. The van der Waals surface area contributed by atoms with E-state index in [1.165, 1.54) is 11.3 Å². The minimum absolute atomic E-state index is 0.315. The molecule has 2 amide bonds. The molecule has 0 aliphatic rings. The number of urea groups is 1. The molecule has 16 heavy (non-hydrogen) atoms. The number of ether oxygens (including phenoxy) is 1. The average molecular weight is 242 g/mol. The Morgan fingerprint density at radius 2 is 2.19 bits per heavy atom. The van der Waals surface area contributed by atoms with Crippen molar-refractivity contribution in [2.75, 3.05) is 18.5 Å². The van der Waals surface area contributed by atoms with Crippen LogP contribution in [0.5, 0.6) is 0 Å². The fourth-order valence-electron chi connectivity index (χ4n) is 1.08. The van der Waals surface area contributed by atoms with E-state index in [4.69, 9.17) is 4.74 Å². The van der Waals surface area contributed by atoms with Crippen molar-refractivity contribution in [2.45, 2.75) is 13.8 Å². The minimum Gasteiger partial charge on any atom is -0.462 e. The zero-order valence-electron chi connectivity index (χ0n) is 9.20. The molecule has 1 rings (SSSR count). The molecule has 6 heteroatoms. The smallest absolute Gasteiger partial charge is 0.341 e. The Morgan fingerprint density at radius 3 is 2.81 bits per heavy atom. The van der Waals surface area contributed by atoms with Crippen LogP contribution in [0.3, 0.4) is 0 Å². The molecule has 0 aromatic carbocycles. The van der Waals surface area contributed by atoms with Gasteiger partial charge in [-0.1, -0.05) is 0 Å². The van der Waals surface area contributed by atoms with Crippen LogP contribution in [0, 0.1) is 0 Å². The van der Waals surface area contributed by atoms with E-state index in [-0.39, 0.29) is 6.03 Å². The summed E-state index contributed by atoms with van der Waals surface area (Å²) in [5, 5.41) is 7.42. The van der Waals surface area contributed by atoms with E-state index >= 15 is 0 Å². The number of amides is 2. The van der Waals surface area contributed by atoms with Crippen LogP contribution in [-0.2, 0) is 4.74 Å². The van der Waals surface area contributed by atoms with Gasteiger partial charge in [0.2, 0.25) is 0 Å². The summed E-state index contributed by atoms with van der Waals surface area (Å²) in [4.78, 5) is 22.8. The van der Waals surface area contributed by atoms with Gasteiger partial charge in [-0.3, -0.25) is 5.32 Å². The molecule has 0 fully saturated rings. The van der Waals surface area contributed by atoms with E-state index < -0.39 is 5.97 Å². The summed E-state index contributed by atoms with van der Waals surface area (Å²) in [5.41, 5.74) is 0.387. The van der Waals surface area contributed by atoms with Gasteiger partial charge < -0.3 is 10.1 Å². The van der Waals surface area contributed by atoms with Crippen LogP contribution in [0.4, 0.5) is 9.80 Å². The van der Waals surface area contributed by atoms with Gasteiger partial charge in [-0.2, -0.15) is 0 Å². The van der Waals surface area contributed by atoms with E-state index in [9.17, 15) is 9.59 Å². The molecule has 5 nitrogen and oxygen atoms in total. The minimum atomic E-state index is -0.421. The predicted octanol–water partition coefficient (Wildman–Crippen LogP) is 2.07. The van der Waals surface area contributed by atoms with Crippen molar-refractivity contribution in [1.29, 1.82) is 0 Å². The molecule has 0 radical (unpaired) electrons. The first kappa shape index (κ1) is 12.5. The topological polar surface area (TPSA) is 67.4 Å². The normalized spacial score (nSPS) is 9.62. The lowest BCUT2D eigenvalue weighted by molar-refractivity contribution is 0.0528. The molecule has 1 aromatic heterocycles. The number of anilines is 1. The lowest BCUT2D eigenvalue weighted by Gasteiger charge is -2.06. The highest BCUT2D eigenvalue weighted by atomic mass is 32.1. The van der Waals surface area contributed by atoms with Gasteiger partial charge in [0.15, 0.2) is 0 Å². The van der Waals surface area contributed by atoms with Crippen molar-refractivity contribution in [3.8, 4) is 0 Å². The van der Waals surface area contributed by atoms with Gasteiger partial charge >= 0.3 is 12.0 Å². The SMILES string of the molecule is CCNC(=O)Nc1sccc1C(=O)OCC. The second-order valence-electron chi connectivity index (χ2n) is 2.87. The summed E-state index contributed by atoms with van der Waals surface area (Å²) in [7, 11) is 0. The fourth-order valence-corrected chi connectivity index (χ4v) is 1.85. The van der Waals surface area contributed by atoms with Crippen LogP contribution in [0.2, 0.25) is 0 Å². The molecule has 0 saturated carbocycles.